The fourth-order valence-corrected chi connectivity index (χ4v) is 0.365. The fourth-order valence-electron chi connectivity index (χ4n) is 0.365. The minimum absolute atomic E-state index is 0.781. The van der Waals surface area contributed by atoms with Crippen molar-refractivity contribution in [3.05, 3.63) is 0 Å². The highest BCUT2D eigenvalue weighted by molar-refractivity contribution is 4.58. The van der Waals surface area contributed by atoms with Gasteiger partial charge in [-0.25, -0.2) is 0 Å². The summed E-state index contributed by atoms with van der Waals surface area (Å²) in [6.45, 7) is 1.45. The summed E-state index contributed by atoms with van der Waals surface area (Å²) in [5, 5.41) is 8.73. The molecule has 0 aromatic heterocycles. The van der Waals surface area contributed by atoms with Gasteiger partial charge in [0.05, 0.1) is 12.2 Å². The maximum atomic E-state index is 11.5. The highest BCUT2D eigenvalue weighted by Gasteiger charge is 2.29. The topological polar surface area (TPSA) is 29.5 Å². The van der Waals surface area contributed by atoms with Gasteiger partial charge < -0.3 is 9.84 Å². The summed E-state index contributed by atoms with van der Waals surface area (Å²) < 4.78 is 38.7. The second-order valence-electron chi connectivity index (χ2n) is 2.37. The quantitative estimate of drug-likeness (QED) is 0.696. The zero-order valence-corrected chi connectivity index (χ0v) is 6.35. The van der Waals surface area contributed by atoms with Gasteiger partial charge in [-0.05, 0) is 13.8 Å². The van der Waals surface area contributed by atoms with Crippen LogP contribution >= 0.6 is 0 Å². The molecular formula is C6H11F3O2. The van der Waals surface area contributed by atoms with Crippen molar-refractivity contribution in [3.8, 4) is 0 Å². The SMILES string of the molecule is CC(OCC(F)(F)F)[C@H](C)O. The lowest BCUT2D eigenvalue weighted by Gasteiger charge is -2.16. The molecule has 68 valence electrons. The standard InChI is InChI=1S/C6H11F3O2/c1-4(10)5(2)11-3-6(7,8)9/h4-5,10H,3H2,1-2H3/t4-,5?/m0/s1. The predicted octanol–water partition coefficient (Wildman–Crippen LogP) is 1.33. The van der Waals surface area contributed by atoms with Gasteiger partial charge in [-0.15, -0.1) is 0 Å². The van der Waals surface area contributed by atoms with Gasteiger partial charge in [0.15, 0.2) is 0 Å². The van der Waals surface area contributed by atoms with Gasteiger partial charge in [0, 0.05) is 0 Å². The number of hydrogen-bond donors (Lipinski definition) is 1. The molecule has 11 heavy (non-hydrogen) atoms. The first-order valence-electron chi connectivity index (χ1n) is 3.19. The van der Waals surface area contributed by atoms with Gasteiger partial charge >= 0.3 is 6.18 Å². The maximum Gasteiger partial charge on any atom is 0.411 e. The molecule has 0 fully saturated rings. The van der Waals surface area contributed by atoms with Gasteiger partial charge in [0.25, 0.3) is 0 Å². The first-order chi connectivity index (χ1) is 4.83. The molecule has 0 aromatic carbocycles. The Morgan fingerprint density at radius 3 is 2.09 bits per heavy atom. The van der Waals surface area contributed by atoms with Gasteiger partial charge in [0.2, 0.25) is 0 Å². The van der Waals surface area contributed by atoms with E-state index < -0.39 is 25.0 Å². The number of rotatable bonds is 3. The zero-order valence-electron chi connectivity index (χ0n) is 6.35. The average molecular weight is 172 g/mol. The molecule has 0 saturated heterocycles. The summed E-state index contributed by atoms with van der Waals surface area (Å²) in [5.41, 5.74) is 0. The fraction of sp³-hybridized carbons (Fsp3) is 1.00. The Balaban J connectivity index is 3.54. The lowest BCUT2D eigenvalue weighted by atomic mass is 10.3. The van der Waals surface area contributed by atoms with Crippen LogP contribution in [0.4, 0.5) is 13.2 Å². The van der Waals surface area contributed by atoms with E-state index in [1.54, 1.807) is 0 Å². The van der Waals surface area contributed by atoms with E-state index >= 15 is 0 Å². The number of ether oxygens (including phenoxy) is 1. The minimum Gasteiger partial charge on any atom is -0.391 e. The molecule has 0 heterocycles. The van der Waals surface area contributed by atoms with E-state index in [4.69, 9.17) is 5.11 Å². The van der Waals surface area contributed by atoms with E-state index in [-0.39, 0.29) is 0 Å². The number of aliphatic hydroxyl groups excluding tert-OH is 1. The van der Waals surface area contributed by atoms with Crippen LogP contribution in [-0.4, -0.2) is 30.1 Å². The summed E-state index contributed by atoms with van der Waals surface area (Å²) in [4.78, 5) is 0. The molecule has 0 aliphatic rings. The van der Waals surface area contributed by atoms with E-state index in [0.717, 1.165) is 0 Å². The third kappa shape index (κ3) is 6.12. The molecule has 2 atom stereocenters. The number of hydrogen-bond acceptors (Lipinski definition) is 2. The molecule has 5 heteroatoms. The molecule has 0 aliphatic carbocycles. The van der Waals surface area contributed by atoms with Crippen LogP contribution in [0.2, 0.25) is 0 Å². The van der Waals surface area contributed by atoms with Crippen LogP contribution in [0, 0.1) is 0 Å². The molecule has 0 spiro atoms. The van der Waals surface area contributed by atoms with E-state index in [1.807, 2.05) is 0 Å². The second kappa shape index (κ2) is 3.92. The van der Waals surface area contributed by atoms with Gasteiger partial charge in [-0.1, -0.05) is 0 Å². The van der Waals surface area contributed by atoms with Crippen molar-refractivity contribution in [2.45, 2.75) is 32.2 Å². The van der Waals surface area contributed by atoms with Crippen LogP contribution in [0.1, 0.15) is 13.8 Å². The van der Waals surface area contributed by atoms with Crippen LogP contribution in [0.5, 0.6) is 0 Å². The van der Waals surface area contributed by atoms with Crippen molar-refractivity contribution in [3.63, 3.8) is 0 Å². The number of alkyl halides is 3. The molecule has 0 amide bonds. The summed E-state index contributed by atoms with van der Waals surface area (Å²) in [6.07, 6.45) is -5.97. The molecule has 2 nitrogen and oxygen atoms in total. The van der Waals surface area contributed by atoms with Crippen molar-refractivity contribution in [2.24, 2.45) is 0 Å². The van der Waals surface area contributed by atoms with E-state index in [2.05, 4.69) is 4.74 Å². The smallest absolute Gasteiger partial charge is 0.391 e. The van der Waals surface area contributed by atoms with Crippen LogP contribution < -0.4 is 0 Å². The van der Waals surface area contributed by atoms with Crippen LogP contribution in [0.15, 0.2) is 0 Å². The molecule has 0 aliphatic heterocycles. The Bertz CT molecular complexity index is 111. The first-order valence-corrected chi connectivity index (χ1v) is 3.19. The van der Waals surface area contributed by atoms with Crippen LogP contribution in [0.3, 0.4) is 0 Å². The highest BCUT2D eigenvalue weighted by Crippen LogP contribution is 2.15. The van der Waals surface area contributed by atoms with Crippen molar-refractivity contribution in [2.75, 3.05) is 6.61 Å². The van der Waals surface area contributed by atoms with Crippen molar-refractivity contribution < 1.29 is 23.0 Å². The Labute approximate surface area is 63.0 Å². The summed E-state index contributed by atoms with van der Waals surface area (Å²) in [6, 6.07) is 0. The summed E-state index contributed by atoms with van der Waals surface area (Å²) in [5.74, 6) is 0. The summed E-state index contributed by atoms with van der Waals surface area (Å²) >= 11 is 0. The van der Waals surface area contributed by atoms with Crippen LogP contribution in [0.25, 0.3) is 0 Å². The Kier molecular flexibility index (Phi) is 3.82. The molecule has 1 unspecified atom stereocenters. The Morgan fingerprint density at radius 2 is 1.82 bits per heavy atom. The largest absolute Gasteiger partial charge is 0.411 e. The van der Waals surface area contributed by atoms with Crippen LogP contribution in [-0.2, 0) is 4.74 Å². The molecule has 1 N–H and O–H groups in total. The monoisotopic (exact) mass is 172 g/mol. The van der Waals surface area contributed by atoms with E-state index in [1.165, 1.54) is 13.8 Å². The molecule has 0 aromatic rings. The van der Waals surface area contributed by atoms with Crippen molar-refractivity contribution in [1.82, 2.24) is 0 Å². The molecule has 0 rings (SSSR count). The summed E-state index contributed by atoms with van der Waals surface area (Å²) in [7, 11) is 0. The van der Waals surface area contributed by atoms with E-state index in [9.17, 15) is 13.2 Å². The van der Waals surface area contributed by atoms with Gasteiger partial charge in [0.1, 0.15) is 6.61 Å². The maximum absolute atomic E-state index is 11.5. The third-order valence-electron chi connectivity index (χ3n) is 1.19. The number of halogens is 3. The highest BCUT2D eigenvalue weighted by atomic mass is 19.4. The lowest BCUT2D eigenvalue weighted by molar-refractivity contribution is -0.191. The van der Waals surface area contributed by atoms with Gasteiger partial charge in [-0.2, -0.15) is 13.2 Å². The average Bonchev–Trinajstić information content (AvgIpc) is 1.80. The zero-order chi connectivity index (χ0) is 9.07. The van der Waals surface area contributed by atoms with Crippen molar-refractivity contribution >= 4 is 0 Å². The third-order valence-corrected chi connectivity index (χ3v) is 1.19. The Hall–Kier alpha value is -0.290. The van der Waals surface area contributed by atoms with Gasteiger partial charge in [-0.3, -0.25) is 0 Å². The lowest BCUT2D eigenvalue weighted by Crippen LogP contribution is -2.28. The molecule has 0 saturated carbocycles. The predicted molar refractivity (Wildman–Crippen MR) is 33.1 cm³/mol. The number of aliphatic hydroxyl groups is 1. The molecule has 0 bridgehead atoms. The minimum atomic E-state index is -4.32. The Morgan fingerprint density at radius 1 is 1.36 bits per heavy atom. The molecular weight excluding hydrogens is 161 g/mol. The van der Waals surface area contributed by atoms with E-state index in [0.29, 0.717) is 0 Å². The second-order valence-corrected chi connectivity index (χ2v) is 2.37. The molecule has 0 radical (unpaired) electrons. The normalized spacial score (nSPS) is 18.0. The first kappa shape index (κ1) is 10.7. The van der Waals surface area contributed by atoms with Crippen molar-refractivity contribution in [1.29, 1.82) is 0 Å².